The second-order valence-corrected chi connectivity index (χ2v) is 6.78. The predicted octanol–water partition coefficient (Wildman–Crippen LogP) is 5.21. The fourth-order valence-corrected chi connectivity index (χ4v) is 4.19. The van der Waals surface area contributed by atoms with E-state index in [-0.39, 0.29) is 18.9 Å². The summed E-state index contributed by atoms with van der Waals surface area (Å²) >= 11 is 0. The van der Waals surface area contributed by atoms with Crippen LogP contribution >= 0.6 is 0 Å². The molecule has 0 spiro atoms. The van der Waals surface area contributed by atoms with Gasteiger partial charge in [-0.15, -0.1) is 0 Å². The molecule has 4 rings (SSSR count). The van der Waals surface area contributed by atoms with Gasteiger partial charge in [0.25, 0.3) is 0 Å². The second kappa shape index (κ2) is 6.20. The molecule has 2 aliphatic rings. The van der Waals surface area contributed by atoms with Crippen molar-refractivity contribution in [3.63, 3.8) is 0 Å². The van der Waals surface area contributed by atoms with E-state index in [2.05, 4.69) is 81.5 Å². The minimum atomic E-state index is 0. The van der Waals surface area contributed by atoms with Crippen LogP contribution in [0, 0.1) is 19.8 Å². The molecule has 2 aliphatic carbocycles. The van der Waals surface area contributed by atoms with Gasteiger partial charge in [0.15, 0.2) is 0 Å². The van der Waals surface area contributed by atoms with Crippen molar-refractivity contribution < 1.29 is 0 Å². The molecule has 0 amide bonds. The van der Waals surface area contributed by atoms with Crippen molar-refractivity contribution in [3.05, 3.63) is 81.9 Å². The summed E-state index contributed by atoms with van der Waals surface area (Å²) in [6, 6.07) is 13.4. The van der Waals surface area contributed by atoms with E-state index in [0.29, 0.717) is 17.8 Å². The van der Waals surface area contributed by atoms with E-state index >= 15 is 0 Å². The van der Waals surface area contributed by atoms with Crippen LogP contribution in [0.15, 0.2) is 48.6 Å². The van der Waals surface area contributed by atoms with E-state index in [9.17, 15) is 0 Å². The minimum absolute atomic E-state index is 0. The molecule has 2 aromatic carbocycles. The molecule has 0 fully saturated rings. The van der Waals surface area contributed by atoms with Crippen LogP contribution in [0.1, 0.15) is 52.1 Å². The topological polar surface area (TPSA) is 0 Å². The quantitative estimate of drug-likeness (QED) is 0.667. The van der Waals surface area contributed by atoms with Gasteiger partial charge in [-0.2, -0.15) is 0 Å². The summed E-state index contributed by atoms with van der Waals surface area (Å²) in [5, 5.41) is 0. The third kappa shape index (κ3) is 2.55. The molecule has 0 saturated carbocycles. The molecule has 2 aromatic rings. The van der Waals surface area contributed by atoms with Crippen LogP contribution in [0.2, 0.25) is 0 Å². The fourth-order valence-electron chi connectivity index (χ4n) is 4.19. The Hall–Kier alpha value is -1.48. The molecule has 0 N–H and O–H groups in total. The maximum absolute atomic E-state index is 2.41. The second-order valence-electron chi connectivity index (χ2n) is 6.78. The first kappa shape index (κ1) is 16.4. The van der Waals surface area contributed by atoms with Crippen molar-refractivity contribution in [2.75, 3.05) is 0 Å². The Balaban J connectivity index is 0.00000156. The molecule has 0 heterocycles. The Morgan fingerprint density at radius 2 is 1.17 bits per heavy atom. The van der Waals surface area contributed by atoms with Crippen molar-refractivity contribution in [2.45, 2.75) is 32.6 Å². The van der Waals surface area contributed by atoms with Crippen LogP contribution in [0.5, 0.6) is 0 Å². The van der Waals surface area contributed by atoms with Crippen LogP contribution in [0.3, 0.4) is 0 Å². The molecule has 112 valence electrons. The van der Waals surface area contributed by atoms with E-state index in [1.165, 1.54) is 33.4 Å². The SMILES string of the molecule is Cc1cccc2c1C=CC2C(C)C1C=Cc2c(C)cccc21.[LiH]. The molecular formula is C22H23Li. The van der Waals surface area contributed by atoms with Crippen LogP contribution in [-0.4, -0.2) is 18.9 Å². The van der Waals surface area contributed by atoms with Gasteiger partial charge < -0.3 is 0 Å². The molecule has 0 saturated heterocycles. The van der Waals surface area contributed by atoms with E-state index in [0.717, 1.165) is 0 Å². The van der Waals surface area contributed by atoms with Crippen LogP contribution in [-0.2, 0) is 0 Å². The standard InChI is InChI=1S/C22H22.Li.H/c1-14-6-4-8-21-17(14)10-12-19(21)16(3)20-13-11-18-15(2)7-5-9-22(18)20;;/h4-13,16,19-20H,1-3H3;;. The van der Waals surface area contributed by atoms with E-state index in [1.807, 2.05) is 0 Å². The number of rotatable bonds is 2. The molecule has 0 bridgehead atoms. The molecule has 0 radical (unpaired) electrons. The Morgan fingerprint density at radius 3 is 1.61 bits per heavy atom. The molecule has 0 aromatic heterocycles. The number of allylic oxidation sites excluding steroid dienone is 2. The first-order valence-electron chi connectivity index (χ1n) is 8.22. The molecule has 23 heavy (non-hydrogen) atoms. The normalized spacial score (nSPS) is 21.7. The van der Waals surface area contributed by atoms with Gasteiger partial charge >= 0.3 is 18.9 Å². The third-order valence-electron chi connectivity index (χ3n) is 5.51. The Bertz CT molecular complexity index is 730. The van der Waals surface area contributed by atoms with Gasteiger partial charge in [0, 0.05) is 11.8 Å². The van der Waals surface area contributed by atoms with Gasteiger partial charge in [-0.25, -0.2) is 0 Å². The summed E-state index contributed by atoms with van der Waals surface area (Å²) in [5.74, 6) is 1.63. The molecule has 1 heteroatoms. The Morgan fingerprint density at radius 1 is 0.739 bits per heavy atom. The van der Waals surface area contributed by atoms with Gasteiger partial charge in [0.05, 0.1) is 0 Å². The number of benzene rings is 2. The van der Waals surface area contributed by atoms with Gasteiger partial charge in [-0.05, 0) is 53.1 Å². The Kier molecular flexibility index (Phi) is 4.41. The first-order chi connectivity index (χ1) is 10.7. The van der Waals surface area contributed by atoms with Gasteiger partial charge in [-0.1, -0.05) is 67.6 Å². The van der Waals surface area contributed by atoms with E-state index in [1.54, 1.807) is 0 Å². The van der Waals surface area contributed by atoms with Crippen molar-refractivity contribution >= 4 is 31.0 Å². The number of aryl methyl sites for hydroxylation is 2. The van der Waals surface area contributed by atoms with E-state index < -0.39 is 0 Å². The predicted molar refractivity (Wildman–Crippen MR) is 102 cm³/mol. The zero-order valence-electron chi connectivity index (χ0n) is 13.5. The van der Waals surface area contributed by atoms with Crippen molar-refractivity contribution in [1.82, 2.24) is 0 Å². The molecule has 0 aliphatic heterocycles. The third-order valence-corrected chi connectivity index (χ3v) is 5.51. The maximum atomic E-state index is 2.41. The molecule has 2 atom stereocenters. The summed E-state index contributed by atoms with van der Waals surface area (Å²) in [4.78, 5) is 0. The zero-order valence-corrected chi connectivity index (χ0v) is 13.5. The Labute approximate surface area is 151 Å². The van der Waals surface area contributed by atoms with Gasteiger partial charge in [-0.3, -0.25) is 0 Å². The van der Waals surface area contributed by atoms with Crippen LogP contribution in [0.4, 0.5) is 0 Å². The summed E-state index contributed by atoms with van der Waals surface area (Å²) in [6.45, 7) is 6.83. The van der Waals surface area contributed by atoms with E-state index in [4.69, 9.17) is 0 Å². The summed E-state index contributed by atoms with van der Waals surface area (Å²) < 4.78 is 0. The van der Waals surface area contributed by atoms with Crippen molar-refractivity contribution in [1.29, 1.82) is 0 Å². The summed E-state index contributed by atoms with van der Waals surface area (Å²) in [6.07, 6.45) is 9.46. The fraction of sp³-hybridized carbons (Fsp3) is 0.273. The molecular weight excluding hydrogens is 271 g/mol. The first-order valence-corrected chi connectivity index (χ1v) is 8.22. The average Bonchev–Trinajstić information content (AvgIpc) is 3.12. The average molecular weight is 294 g/mol. The van der Waals surface area contributed by atoms with Crippen LogP contribution in [0.25, 0.3) is 12.2 Å². The zero-order chi connectivity index (χ0) is 15.3. The molecule has 0 nitrogen and oxygen atoms in total. The van der Waals surface area contributed by atoms with Gasteiger partial charge in [0.1, 0.15) is 0 Å². The van der Waals surface area contributed by atoms with Crippen LogP contribution < -0.4 is 0 Å². The number of hydrogen-bond acceptors (Lipinski definition) is 0. The summed E-state index contributed by atoms with van der Waals surface area (Å²) in [5.41, 5.74) is 8.66. The summed E-state index contributed by atoms with van der Waals surface area (Å²) in [7, 11) is 0. The van der Waals surface area contributed by atoms with Crippen molar-refractivity contribution in [3.8, 4) is 0 Å². The number of fused-ring (bicyclic) bond motifs is 2. The molecule has 2 unspecified atom stereocenters. The van der Waals surface area contributed by atoms with Gasteiger partial charge in [0.2, 0.25) is 0 Å². The monoisotopic (exact) mass is 294 g/mol. The number of hydrogen-bond donors (Lipinski definition) is 0. The van der Waals surface area contributed by atoms with Crippen molar-refractivity contribution in [2.24, 2.45) is 5.92 Å².